The number of rotatable bonds is 2. The molecule has 0 saturated carbocycles. The number of para-hydroxylation sites is 2. The van der Waals surface area contributed by atoms with Crippen molar-refractivity contribution in [1.29, 1.82) is 0 Å². The zero-order chi connectivity index (χ0) is 12.4. The lowest BCUT2D eigenvalue weighted by atomic mass is 10.3. The highest BCUT2D eigenvalue weighted by atomic mass is 15.6. The Morgan fingerprint density at radius 3 is 2.00 bits per heavy atom. The van der Waals surface area contributed by atoms with E-state index >= 15 is 0 Å². The summed E-state index contributed by atoms with van der Waals surface area (Å²) in [6.07, 6.45) is 0. The molecule has 1 heterocycles. The average molecular weight is 237 g/mol. The van der Waals surface area contributed by atoms with Gasteiger partial charge < -0.3 is 4.90 Å². The van der Waals surface area contributed by atoms with Crippen LogP contribution in [0.25, 0.3) is 0 Å². The Hall–Kier alpha value is -2.29. The molecule has 18 heavy (non-hydrogen) atoms. The maximum Gasteiger partial charge on any atom is 0.128 e. The minimum atomic E-state index is 0.764. The van der Waals surface area contributed by atoms with Gasteiger partial charge in [0, 0.05) is 5.69 Å². The first-order chi connectivity index (χ1) is 8.84. The highest BCUT2D eigenvalue weighted by Crippen LogP contribution is 2.23. The summed E-state index contributed by atoms with van der Waals surface area (Å²) in [4.78, 5) is 2.20. The van der Waals surface area contributed by atoms with Gasteiger partial charge in [-0.15, -0.1) is 0 Å². The molecule has 3 heteroatoms. The van der Waals surface area contributed by atoms with Crippen molar-refractivity contribution in [3.05, 3.63) is 60.7 Å². The fraction of sp³-hybridized carbons (Fsp3) is 0.133. The lowest BCUT2D eigenvalue weighted by Crippen LogP contribution is -2.29. The van der Waals surface area contributed by atoms with Gasteiger partial charge in [-0.05, 0) is 31.2 Å². The molecule has 3 nitrogen and oxygen atoms in total. The van der Waals surface area contributed by atoms with E-state index in [2.05, 4.69) is 34.3 Å². The smallest absolute Gasteiger partial charge is 0.128 e. The Kier molecular flexibility index (Phi) is 2.73. The number of hydrazone groups is 1. The number of anilines is 2. The highest BCUT2D eigenvalue weighted by molar-refractivity contribution is 5.98. The van der Waals surface area contributed by atoms with E-state index in [0.29, 0.717) is 0 Å². The second kappa shape index (κ2) is 4.53. The van der Waals surface area contributed by atoms with E-state index in [4.69, 9.17) is 0 Å². The van der Waals surface area contributed by atoms with Crippen molar-refractivity contribution in [2.24, 2.45) is 5.10 Å². The predicted octanol–water partition coefficient (Wildman–Crippen LogP) is 3.30. The Balaban J connectivity index is 1.86. The molecule has 0 aliphatic carbocycles. The van der Waals surface area contributed by atoms with Gasteiger partial charge in [0.2, 0.25) is 0 Å². The van der Waals surface area contributed by atoms with E-state index < -0.39 is 0 Å². The molecule has 0 spiro atoms. The molecule has 1 aliphatic rings. The SMILES string of the molecule is CC1=NN(c2ccccc2)CN1c1ccccc1. The van der Waals surface area contributed by atoms with E-state index in [1.807, 2.05) is 48.3 Å². The standard InChI is InChI=1S/C15H15N3/c1-13-16-18(15-10-6-3-7-11-15)12-17(13)14-8-4-2-5-9-14/h2-11H,12H2,1H3. The highest BCUT2D eigenvalue weighted by Gasteiger charge is 2.21. The summed E-state index contributed by atoms with van der Waals surface area (Å²) < 4.78 is 0. The van der Waals surface area contributed by atoms with Crippen molar-refractivity contribution in [2.45, 2.75) is 6.92 Å². The molecule has 0 N–H and O–H groups in total. The largest absolute Gasteiger partial charge is 0.308 e. The van der Waals surface area contributed by atoms with Crippen molar-refractivity contribution in [3.8, 4) is 0 Å². The molecule has 0 saturated heterocycles. The zero-order valence-corrected chi connectivity index (χ0v) is 10.3. The minimum absolute atomic E-state index is 0.764. The van der Waals surface area contributed by atoms with E-state index in [9.17, 15) is 0 Å². The maximum atomic E-state index is 4.59. The summed E-state index contributed by atoms with van der Waals surface area (Å²) in [7, 11) is 0. The number of nitrogens with zero attached hydrogens (tertiary/aromatic N) is 3. The van der Waals surface area contributed by atoms with Gasteiger partial charge in [-0.3, -0.25) is 0 Å². The fourth-order valence-electron chi connectivity index (χ4n) is 2.11. The van der Waals surface area contributed by atoms with Gasteiger partial charge >= 0.3 is 0 Å². The van der Waals surface area contributed by atoms with Crippen molar-refractivity contribution >= 4 is 17.2 Å². The van der Waals surface area contributed by atoms with Crippen LogP contribution in [0, 0.1) is 0 Å². The van der Waals surface area contributed by atoms with E-state index in [1.165, 1.54) is 5.69 Å². The first-order valence-electron chi connectivity index (χ1n) is 6.05. The third-order valence-corrected chi connectivity index (χ3v) is 3.05. The average Bonchev–Trinajstić information content (AvgIpc) is 2.83. The Morgan fingerprint density at radius 1 is 0.833 bits per heavy atom. The molecule has 0 atom stereocenters. The molecule has 0 amide bonds. The van der Waals surface area contributed by atoms with Crippen molar-refractivity contribution in [3.63, 3.8) is 0 Å². The third-order valence-electron chi connectivity index (χ3n) is 3.05. The molecule has 0 radical (unpaired) electrons. The topological polar surface area (TPSA) is 18.8 Å². The second-order valence-electron chi connectivity index (χ2n) is 4.29. The van der Waals surface area contributed by atoms with E-state index in [1.54, 1.807) is 0 Å². The number of hydrogen-bond acceptors (Lipinski definition) is 3. The lowest BCUT2D eigenvalue weighted by Gasteiger charge is -2.20. The molecule has 0 bridgehead atoms. The lowest BCUT2D eigenvalue weighted by molar-refractivity contribution is 0.912. The van der Waals surface area contributed by atoms with Gasteiger partial charge in [-0.25, -0.2) is 5.01 Å². The van der Waals surface area contributed by atoms with Crippen molar-refractivity contribution in [2.75, 3.05) is 16.6 Å². The quantitative estimate of drug-likeness (QED) is 0.798. The van der Waals surface area contributed by atoms with Crippen LogP contribution in [0.5, 0.6) is 0 Å². The monoisotopic (exact) mass is 237 g/mol. The molecular formula is C15H15N3. The predicted molar refractivity (Wildman–Crippen MR) is 75.8 cm³/mol. The second-order valence-corrected chi connectivity index (χ2v) is 4.29. The van der Waals surface area contributed by atoms with Crippen LogP contribution in [0.2, 0.25) is 0 Å². The first kappa shape index (κ1) is 10.8. The van der Waals surface area contributed by atoms with Gasteiger partial charge in [0.05, 0.1) is 5.69 Å². The molecule has 90 valence electrons. The van der Waals surface area contributed by atoms with Crippen LogP contribution in [-0.2, 0) is 0 Å². The van der Waals surface area contributed by atoms with Gasteiger partial charge in [0.1, 0.15) is 12.5 Å². The molecule has 0 fully saturated rings. The number of hydrogen-bond donors (Lipinski definition) is 0. The van der Waals surface area contributed by atoms with Crippen molar-refractivity contribution < 1.29 is 0 Å². The Bertz CT molecular complexity index is 548. The van der Waals surface area contributed by atoms with Gasteiger partial charge in [-0.2, -0.15) is 5.10 Å². The van der Waals surface area contributed by atoms with Crippen LogP contribution in [0.3, 0.4) is 0 Å². The van der Waals surface area contributed by atoms with E-state index in [0.717, 1.165) is 18.2 Å². The maximum absolute atomic E-state index is 4.59. The zero-order valence-electron chi connectivity index (χ0n) is 10.3. The number of benzene rings is 2. The molecule has 3 rings (SSSR count). The van der Waals surface area contributed by atoms with Crippen LogP contribution in [0.15, 0.2) is 65.8 Å². The summed E-state index contributed by atoms with van der Waals surface area (Å²) in [5.74, 6) is 1.02. The summed E-state index contributed by atoms with van der Waals surface area (Å²) in [5, 5.41) is 6.61. The molecular weight excluding hydrogens is 222 g/mol. The molecule has 2 aromatic rings. The van der Waals surface area contributed by atoms with Crippen LogP contribution in [-0.4, -0.2) is 12.5 Å². The van der Waals surface area contributed by atoms with Crippen LogP contribution in [0.4, 0.5) is 11.4 Å². The minimum Gasteiger partial charge on any atom is -0.308 e. The van der Waals surface area contributed by atoms with Crippen LogP contribution < -0.4 is 9.91 Å². The molecule has 0 unspecified atom stereocenters. The molecule has 0 aromatic heterocycles. The molecule has 2 aromatic carbocycles. The van der Waals surface area contributed by atoms with E-state index in [-0.39, 0.29) is 0 Å². The normalized spacial score (nSPS) is 14.8. The summed E-state index contributed by atoms with van der Waals surface area (Å²) in [6.45, 7) is 2.80. The summed E-state index contributed by atoms with van der Waals surface area (Å²) in [6, 6.07) is 20.6. The Morgan fingerprint density at radius 2 is 1.39 bits per heavy atom. The fourth-order valence-corrected chi connectivity index (χ4v) is 2.11. The van der Waals surface area contributed by atoms with Crippen LogP contribution in [0.1, 0.15) is 6.92 Å². The first-order valence-corrected chi connectivity index (χ1v) is 6.05. The Labute approximate surface area is 107 Å². The van der Waals surface area contributed by atoms with Crippen molar-refractivity contribution in [1.82, 2.24) is 0 Å². The number of amidine groups is 1. The third kappa shape index (κ3) is 1.95. The summed E-state index contributed by atoms with van der Waals surface area (Å²) >= 11 is 0. The summed E-state index contributed by atoms with van der Waals surface area (Å²) in [5.41, 5.74) is 2.30. The van der Waals surface area contributed by atoms with Gasteiger partial charge in [0.15, 0.2) is 0 Å². The van der Waals surface area contributed by atoms with Gasteiger partial charge in [-0.1, -0.05) is 36.4 Å². The molecule has 1 aliphatic heterocycles. The van der Waals surface area contributed by atoms with Crippen LogP contribution >= 0.6 is 0 Å². The van der Waals surface area contributed by atoms with Gasteiger partial charge in [0.25, 0.3) is 0 Å².